The van der Waals surface area contributed by atoms with Crippen LogP contribution in [0.25, 0.3) is 57.0 Å². The molecule has 0 bridgehead atoms. The van der Waals surface area contributed by atoms with E-state index in [0.29, 0.717) is 11.1 Å². The van der Waals surface area contributed by atoms with Gasteiger partial charge in [0.05, 0.1) is 23.3 Å². The Hall–Kier alpha value is -6.10. The van der Waals surface area contributed by atoms with Gasteiger partial charge in [-0.15, -0.1) is 0 Å². The van der Waals surface area contributed by atoms with Crippen molar-refractivity contribution in [2.24, 2.45) is 0 Å². The zero-order chi connectivity index (χ0) is 29.2. The molecule has 0 aliphatic carbocycles. The Kier molecular flexibility index (Phi) is 6.64. The summed E-state index contributed by atoms with van der Waals surface area (Å²) in [4.78, 5) is 0. The van der Waals surface area contributed by atoms with Crippen LogP contribution in [0, 0.1) is 22.7 Å². The lowest BCUT2D eigenvalue weighted by atomic mass is 9.88. The molecule has 1 heterocycles. The maximum Gasteiger partial charge on any atom is 0.231 e. The predicted molar refractivity (Wildman–Crippen MR) is 173 cm³/mol. The first-order valence-corrected chi connectivity index (χ1v) is 14.0. The Morgan fingerprint density at radius 1 is 0.512 bits per heavy atom. The molecule has 0 unspecified atom stereocenters. The van der Waals surface area contributed by atoms with Crippen molar-refractivity contribution in [3.8, 4) is 34.8 Å². The Balaban J connectivity index is 1.45. The second-order valence-electron chi connectivity index (χ2n) is 10.3. The zero-order valence-corrected chi connectivity index (χ0v) is 23.1. The van der Waals surface area contributed by atoms with Gasteiger partial charge in [-0.3, -0.25) is 0 Å². The van der Waals surface area contributed by atoms with E-state index in [1.807, 2.05) is 72.8 Å². The highest BCUT2D eigenvalue weighted by Crippen LogP contribution is 2.50. The monoisotopic (exact) mass is 552 g/mol. The molecule has 1 aliphatic heterocycles. The van der Waals surface area contributed by atoms with Gasteiger partial charge < -0.3 is 9.47 Å². The average molecular weight is 553 g/mol. The molecule has 0 aromatic heterocycles. The molecule has 0 saturated heterocycles. The molecule has 0 amide bonds. The lowest BCUT2D eigenvalue weighted by Crippen LogP contribution is -2.05. The molecule has 0 atom stereocenters. The van der Waals surface area contributed by atoms with Gasteiger partial charge in [0.15, 0.2) is 0 Å². The van der Waals surface area contributed by atoms with Crippen LogP contribution >= 0.6 is 0 Å². The topological polar surface area (TPSA) is 66.0 Å². The van der Waals surface area contributed by atoms with Crippen LogP contribution < -0.4 is 9.47 Å². The van der Waals surface area contributed by atoms with Crippen LogP contribution in [0.15, 0.2) is 109 Å². The summed E-state index contributed by atoms with van der Waals surface area (Å²) in [7, 11) is 0. The Morgan fingerprint density at radius 3 is 1.35 bits per heavy atom. The van der Waals surface area contributed by atoms with Crippen LogP contribution in [0.5, 0.6) is 11.5 Å². The molecule has 202 valence electrons. The van der Waals surface area contributed by atoms with Crippen molar-refractivity contribution in [2.75, 3.05) is 6.79 Å². The first-order chi connectivity index (χ1) is 21.2. The molecular formula is C39H24N2O2. The van der Waals surface area contributed by atoms with Crippen molar-refractivity contribution in [1.29, 1.82) is 10.5 Å². The standard InChI is InChI=1S/C39H24N2O2/c40-23-28-13-9-26(10-14-28)17-19-32-21-30-5-1-3-7-34(30)36-37-35-8-4-2-6-31(35)22-33(39(37)43-25-42-38(32)36)20-18-27-11-15-29(24-41)16-12-27/h1-22H,25H2/b19-17+,20-18+. The molecule has 6 aromatic carbocycles. The molecule has 1 aliphatic rings. The number of ether oxygens (including phenoxy) is 2. The Bertz CT molecular complexity index is 2000. The molecule has 43 heavy (non-hydrogen) atoms. The minimum absolute atomic E-state index is 0.0616. The van der Waals surface area contributed by atoms with Gasteiger partial charge in [0, 0.05) is 22.3 Å². The summed E-state index contributed by atoms with van der Waals surface area (Å²) < 4.78 is 12.8. The molecule has 0 fully saturated rings. The highest BCUT2D eigenvalue weighted by molar-refractivity contribution is 6.12. The van der Waals surface area contributed by atoms with Crippen molar-refractivity contribution in [3.63, 3.8) is 0 Å². The predicted octanol–water partition coefficient (Wildman–Crippen LogP) is 9.47. The SMILES string of the molecule is N#Cc1ccc(/C=C/c2cc3ccccc3c3c2OCOc2c(/C=C/c4ccc(C#N)cc4)cc4ccccc4c2-3)cc1. The van der Waals surface area contributed by atoms with E-state index in [1.165, 1.54) is 0 Å². The van der Waals surface area contributed by atoms with E-state index in [1.54, 1.807) is 0 Å². The van der Waals surface area contributed by atoms with E-state index >= 15 is 0 Å². The third-order valence-corrected chi connectivity index (χ3v) is 7.71. The van der Waals surface area contributed by atoms with Crippen LogP contribution in [-0.2, 0) is 0 Å². The van der Waals surface area contributed by atoms with Gasteiger partial charge in [0.25, 0.3) is 0 Å². The molecule has 7 rings (SSSR count). The number of benzene rings is 6. The van der Waals surface area contributed by atoms with E-state index < -0.39 is 0 Å². The van der Waals surface area contributed by atoms with Crippen LogP contribution in [0.2, 0.25) is 0 Å². The Labute approximate surface area is 249 Å². The van der Waals surface area contributed by atoms with E-state index in [0.717, 1.165) is 66.4 Å². The van der Waals surface area contributed by atoms with Gasteiger partial charge >= 0.3 is 0 Å². The van der Waals surface area contributed by atoms with E-state index in [-0.39, 0.29) is 6.79 Å². The largest absolute Gasteiger partial charge is 0.456 e. The van der Waals surface area contributed by atoms with Crippen LogP contribution in [0.3, 0.4) is 0 Å². The fourth-order valence-electron chi connectivity index (χ4n) is 5.61. The lowest BCUT2D eigenvalue weighted by Gasteiger charge is -2.17. The van der Waals surface area contributed by atoms with Gasteiger partial charge in [-0.1, -0.05) is 97.1 Å². The maximum atomic E-state index is 9.17. The summed E-state index contributed by atoms with van der Waals surface area (Å²) in [6.45, 7) is 0.0616. The fraction of sp³-hybridized carbons (Fsp3) is 0.0256. The number of rotatable bonds is 4. The van der Waals surface area contributed by atoms with Gasteiger partial charge in [-0.05, 0) is 69.1 Å². The number of fused-ring (bicyclic) bond motifs is 7. The highest BCUT2D eigenvalue weighted by atomic mass is 16.7. The second kappa shape index (κ2) is 11.1. The van der Waals surface area contributed by atoms with E-state index in [2.05, 4.69) is 72.8 Å². The third-order valence-electron chi connectivity index (χ3n) is 7.71. The Morgan fingerprint density at radius 2 is 0.930 bits per heavy atom. The van der Waals surface area contributed by atoms with Crippen LogP contribution in [0.4, 0.5) is 0 Å². The summed E-state index contributed by atoms with van der Waals surface area (Å²) in [6.07, 6.45) is 8.20. The quantitative estimate of drug-likeness (QED) is 0.204. The molecule has 6 aromatic rings. The van der Waals surface area contributed by atoms with Crippen LogP contribution in [-0.4, -0.2) is 6.79 Å². The molecule has 0 radical (unpaired) electrons. The normalized spacial score (nSPS) is 12.2. The molecule has 4 heteroatoms. The minimum atomic E-state index is 0.0616. The summed E-state index contributed by atoms with van der Waals surface area (Å²) in [5, 5.41) is 22.7. The number of nitrogens with zero attached hydrogens (tertiary/aromatic N) is 2. The van der Waals surface area contributed by atoms with Crippen molar-refractivity contribution in [2.45, 2.75) is 0 Å². The van der Waals surface area contributed by atoms with Gasteiger partial charge in [-0.25, -0.2) is 0 Å². The maximum absolute atomic E-state index is 9.17. The second-order valence-corrected chi connectivity index (χ2v) is 10.3. The summed E-state index contributed by atoms with van der Waals surface area (Å²) >= 11 is 0. The number of hydrogen-bond acceptors (Lipinski definition) is 4. The van der Waals surface area contributed by atoms with Gasteiger partial charge in [0.1, 0.15) is 11.5 Å². The highest BCUT2D eigenvalue weighted by Gasteiger charge is 2.25. The molecular weight excluding hydrogens is 528 g/mol. The van der Waals surface area contributed by atoms with E-state index in [4.69, 9.17) is 9.47 Å². The molecule has 0 spiro atoms. The van der Waals surface area contributed by atoms with E-state index in [9.17, 15) is 10.5 Å². The van der Waals surface area contributed by atoms with Crippen molar-refractivity contribution >= 4 is 45.8 Å². The van der Waals surface area contributed by atoms with Crippen molar-refractivity contribution < 1.29 is 9.47 Å². The van der Waals surface area contributed by atoms with Crippen LogP contribution in [0.1, 0.15) is 33.4 Å². The molecule has 0 saturated carbocycles. The fourth-order valence-corrected chi connectivity index (χ4v) is 5.61. The molecule has 4 nitrogen and oxygen atoms in total. The van der Waals surface area contributed by atoms with Gasteiger partial charge in [0.2, 0.25) is 6.79 Å². The zero-order valence-electron chi connectivity index (χ0n) is 23.1. The molecule has 0 N–H and O–H groups in total. The number of nitriles is 2. The van der Waals surface area contributed by atoms with Gasteiger partial charge in [-0.2, -0.15) is 10.5 Å². The third kappa shape index (κ3) is 4.88. The minimum Gasteiger partial charge on any atom is -0.456 e. The van der Waals surface area contributed by atoms with Crippen molar-refractivity contribution in [3.05, 3.63) is 143 Å². The lowest BCUT2D eigenvalue weighted by molar-refractivity contribution is 0.124. The summed E-state index contributed by atoms with van der Waals surface area (Å²) in [6, 6.07) is 40.4. The summed E-state index contributed by atoms with van der Waals surface area (Å²) in [5.41, 5.74) is 7.12. The number of hydrogen-bond donors (Lipinski definition) is 0. The summed E-state index contributed by atoms with van der Waals surface area (Å²) in [5.74, 6) is 1.53. The first-order valence-electron chi connectivity index (χ1n) is 14.0. The van der Waals surface area contributed by atoms with Crippen molar-refractivity contribution in [1.82, 2.24) is 0 Å². The smallest absolute Gasteiger partial charge is 0.231 e. The first kappa shape index (κ1) is 25.8. The average Bonchev–Trinajstić information content (AvgIpc) is 3.28.